The topological polar surface area (TPSA) is 78.9 Å². The number of carbonyl (C=O) groups is 3. The molecule has 6 nitrogen and oxygen atoms in total. The maximum Gasteiger partial charge on any atom is 0.306 e. The number of esters is 3. The lowest BCUT2D eigenvalue weighted by molar-refractivity contribution is -0.166. The van der Waals surface area contributed by atoms with Crippen molar-refractivity contribution in [3.63, 3.8) is 0 Å². The maximum absolute atomic E-state index is 12.8. The minimum absolute atomic E-state index is 0.130. The van der Waals surface area contributed by atoms with Crippen LogP contribution in [0.5, 0.6) is 0 Å². The number of unbranched alkanes of at least 4 members (excludes halogenated alkanes) is 17. The number of allylic oxidation sites excluding steroid dienone is 22. The van der Waals surface area contributed by atoms with Crippen molar-refractivity contribution in [1.82, 2.24) is 0 Å². The molecule has 0 bridgehead atoms. The second-order valence-electron chi connectivity index (χ2n) is 16.2. The van der Waals surface area contributed by atoms with Gasteiger partial charge < -0.3 is 14.2 Å². The molecule has 0 aliphatic rings. The average Bonchev–Trinajstić information content (AvgIpc) is 3.29. The molecule has 0 radical (unpaired) electrons. The molecule has 0 saturated carbocycles. The van der Waals surface area contributed by atoms with E-state index in [-0.39, 0.29) is 44.0 Å². The molecule has 0 heterocycles. The first-order valence-electron chi connectivity index (χ1n) is 25.3. The van der Waals surface area contributed by atoms with Gasteiger partial charge in [0.1, 0.15) is 13.2 Å². The molecular formula is C58H90O6. The van der Waals surface area contributed by atoms with Crippen LogP contribution in [0.1, 0.15) is 194 Å². The summed E-state index contributed by atoms with van der Waals surface area (Å²) in [6.45, 7) is 6.31. The zero-order valence-electron chi connectivity index (χ0n) is 40.7. The molecule has 1 unspecified atom stereocenters. The fraction of sp³-hybridized carbons (Fsp3) is 0.569. The molecule has 0 aromatic heterocycles. The lowest BCUT2D eigenvalue weighted by Gasteiger charge is -2.18. The summed E-state index contributed by atoms with van der Waals surface area (Å²) in [5.74, 6) is -1.07. The van der Waals surface area contributed by atoms with Crippen LogP contribution in [0.3, 0.4) is 0 Å². The van der Waals surface area contributed by atoms with Crippen LogP contribution in [0, 0.1) is 0 Å². The van der Waals surface area contributed by atoms with Crippen molar-refractivity contribution in [2.24, 2.45) is 0 Å². The van der Waals surface area contributed by atoms with Crippen molar-refractivity contribution < 1.29 is 28.6 Å². The highest BCUT2D eigenvalue weighted by Gasteiger charge is 2.19. The van der Waals surface area contributed by atoms with Gasteiger partial charge in [-0.1, -0.05) is 225 Å². The third-order valence-corrected chi connectivity index (χ3v) is 10.1. The van der Waals surface area contributed by atoms with Crippen LogP contribution < -0.4 is 0 Å². The Morgan fingerprint density at radius 2 is 0.703 bits per heavy atom. The fourth-order valence-electron chi connectivity index (χ4n) is 6.29. The van der Waals surface area contributed by atoms with Gasteiger partial charge in [0.15, 0.2) is 6.10 Å². The van der Waals surface area contributed by atoms with E-state index in [0.29, 0.717) is 19.3 Å². The Hall–Kier alpha value is -4.45. The van der Waals surface area contributed by atoms with E-state index in [1.165, 1.54) is 57.8 Å². The van der Waals surface area contributed by atoms with E-state index in [9.17, 15) is 14.4 Å². The molecule has 358 valence electrons. The lowest BCUT2D eigenvalue weighted by atomic mass is 10.1. The zero-order chi connectivity index (χ0) is 46.5. The van der Waals surface area contributed by atoms with E-state index in [0.717, 1.165) is 83.5 Å². The van der Waals surface area contributed by atoms with E-state index in [1.54, 1.807) is 0 Å². The van der Waals surface area contributed by atoms with Crippen molar-refractivity contribution in [3.8, 4) is 0 Å². The maximum atomic E-state index is 12.8. The number of ether oxygens (including phenoxy) is 3. The van der Waals surface area contributed by atoms with Gasteiger partial charge in [0.05, 0.1) is 0 Å². The van der Waals surface area contributed by atoms with Crippen LogP contribution in [-0.4, -0.2) is 37.2 Å². The average molecular weight is 883 g/mol. The summed E-state index contributed by atoms with van der Waals surface area (Å²) in [6, 6.07) is 0. The Morgan fingerprint density at radius 3 is 1.22 bits per heavy atom. The molecule has 0 amide bonds. The number of hydrogen-bond donors (Lipinski definition) is 0. The van der Waals surface area contributed by atoms with Crippen LogP contribution in [0.2, 0.25) is 0 Å². The van der Waals surface area contributed by atoms with Crippen LogP contribution >= 0.6 is 0 Å². The molecule has 0 aromatic rings. The normalized spacial score (nSPS) is 13.2. The summed E-state index contributed by atoms with van der Waals surface area (Å²) in [5, 5.41) is 0. The lowest BCUT2D eigenvalue weighted by Crippen LogP contribution is -2.30. The van der Waals surface area contributed by atoms with Crippen molar-refractivity contribution in [2.45, 2.75) is 200 Å². The van der Waals surface area contributed by atoms with Crippen molar-refractivity contribution in [3.05, 3.63) is 134 Å². The molecule has 0 aliphatic carbocycles. The monoisotopic (exact) mass is 883 g/mol. The highest BCUT2D eigenvalue weighted by molar-refractivity contribution is 5.71. The molecule has 0 aromatic carbocycles. The predicted molar refractivity (Wildman–Crippen MR) is 274 cm³/mol. The molecule has 6 heteroatoms. The minimum Gasteiger partial charge on any atom is -0.462 e. The second-order valence-corrected chi connectivity index (χ2v) is 16.2. The van der Waals surface area contributed by atoms with Gasteiger partial charge in [0.25, 0.3) is 0 Å². The first-order chi connectivity index (χ1) is 31.5. The molecule has 0 rings (SSSR count). The zero-order valence-corrected chi connectivity index (χ0v) is 40.7. The fourth-order valence-corrected chi connectivity index (χ4v) is 6.29. The standard InChI is InChI=1S/C58H90O6/c1-4-7-10-13-16-19-22-25-27-28-29-31-33-36-39-42-45-48-51-57(60)63-54-55(53-62-56(59)50-47-44-41-38-35-32-24-21-18-15-12-9-6-3)64-58(61)52-49-46-43-40-37-34-30-26-23-20-17-14-11-8-5-2/h8,11,14,16-17,19-20,22-23,25-32,34-35,37,41,44,55H,4-7,9-10,12-13,15,18,21,24,33,36,38-40,42-43,45-54H2,1-3H3/b11-8+,17-14+,19-16+,23-20+,25-22+,28-27+,30-26+,31-29+,35-32+,37-34+,44-41+. The van der Waals surface area contributed by atoms with Crippen molar-refractivity contribution in [1.29, 1.82) is 0 Å². The Balaban J connectivity index is 4.60. The Bertz CT molecular complexity index is 1430. The first-order valence-corrected chi connectivity index (χ1v) is 25.3. The number of rotatable bonds is 43. The van der Waals surface area contributed by atoms with Gasteiger partial charge in [-0.25, -0.2) is 0 Å². The SMILES string of the molecule is CC/C=C/C=C/C=C/C=C/C=C/CCCCCC(=O)OC(COC(=O)CC/C=C/C/C=C/CCCCCCCC)COC(=O)CCCCCCC/C=C/C=C/C=C/C=C/CCCCC. The van der Waals surface area contributed by atoms with E-state index in [1.807, 2.05) is 54.7 Å². The van der Waals surface area contributed by atoms with Crippen molar-refractivity contribution in [2.75, 3.05) is 13.2 Å². The third kappa shape index (κ3) is 48.6. The van der Waals surface area contributed by atoms with Crippen LogP contribution in [0.25, 0.3) is 0 Å². The third-order valence-electron chi connectivity index (χ3n) is 10.1. The van der Waals surface area contributed by atoms with Gasteiger partial charge in [-0.3, -0.25) is 14.4 Å². The van der Waals surface area contributed by atoms with Crippen LogP contribution in [0.15, 0.2) is 134 Å². The van der Waals surface area contributed by atoms with E-state index in [4.69, 9.17) is 14.2 Å². The Morgan fingerprint density at radius 1 is 0.344 bits per heavy atom. The highest BCUT2D eigenvalue weighted by atomic mass is 16.6. The molecule has 1 atom stereocenters. The van der Waals surface area contributed by atoms with Gasteiger partial charge in [-0.05, 0) is 83.5 Å². The molecule has 0 aliphatic heterocycles. The number of hydrogen-bond acceptors (Lipinski definition) is 6. The molecule has 0 N–H and O–H groups in total. The predicted octanol–water partition coefficient (Wildman–Crippen LogP) is 16.7. The van der Waals surface area contributed by atoms with Gasteiger partial charge in [-0.15, -0.1) is 0 Å². The molecule has 0 spiro atoms. The molecule has 64 heavy (non-hydrogen) atoms. The molecule has 0 saturated heterocycles. The minimum atomic E-state index is -0.837. The van der Waals surface area contributed by atoms with Gasteiger partial charge in [0, 0.05) is 19.3 Å². The Kier molecular flexibility index (Phi) is 47.6. The summed E-state index contributed by atoms with van der Waals surface area (Å²) in [5.41, 5.74) is 0. The van der Waals surface area contributed by atoms with Crippen molar-refractivity contribution >= 4 is 17.9 Å². The van der Waals surface area contributed by atoms with E-state index < -0.39 is 6.10 Å². The summed E-state index contributed by atoms with van der Waals surface area (Å²) in [7, 11) is 0. The van der Waals surface area contributed by atoms with Gasteiger partial charge in [-0.2, -0.15) is 0 Å². The highest BCUT2D eigenvalue weighted by Crippen LogP contribution is 2.12. The summed E-state index contributed by atoms with van der Waals surface area (Å²) < 4.78 is 16.7. The number of carbonyl (C=O) groups excluding carboxylic acids is 3. The second kappa shape index (κ2) is 51.2. The smallest absolute Gasteiger partial charge is 0.306 e. The van der Waals surface area contributed by atoms with Crippen LogP contribution in [0.4, 0.5) is 0 Å². The first kappa shape index (κ1) is 59.5. The largest absolute Gasteiger partial charge is 0.462 e. The summed E-state index contributed by atoms with van der Waals surface area (Å²) >= 11 is 0. The van der Waals surface area contributed by atoms with Gasteiger partial charge in [0.2, 0.25) is 0 Å². The van der Waals surface area contributed by atoms with Crippen LogP contribution in [-0.2, 0) is 28.6 Å². The van der Waals surface area contributed by atoms with Gasteiger partial charge >= 0.3 is 17.9 Å². The quantitative estimate of drug-likeness (QED) is 0.0200. The van der Waals surface area contributed by atoms with E-state index >= 15 is 0 Å². The van der Waals surface area contributed by atoms with E-state index in [2.05, 4.69) is 99.8 Å². The summed E-state index contributed by atoms with van der Waals surface area (Å²) in [6.07, 6.45) is 71.5. The molecule has 0 fully saturated rings. The Labute approximate surface area is 392 Å². The molecular weight excluding hydrogens is 793 g/mol. The summed E-state index contributed by atoms with van der Waals surface area (Å²) in [4.78, 5) is 37.9.